The van der Waals surface area contributed by atoms with Gasteiger partial charge in [-0.3, -0.25) is 9.36 Å². The molecule has 1 amide bonds. The lowest BCUT2D eigenvalue weighted by molar-refractivity contribution is 0.0600. The van der Waals surface area contributed by atoms with Crippen molar-refractivity contribution in [2.75, 3.05) is 13.7 Å². The van der Waals surface area contributed by atoms with Crippen LogP contribution in [0, 0.1) is 13.8 Å². The fourth-order valence-electron chi connectivity index (χ4n) is 3.73. The Morgan fingerprint density at radius 2 is 1.77 bits per heavy atom. The first-order chi connectivity index (χ1) is 14.9. The quantitative estimate of drug-likeness (QED) is 0.591. The number of methoxy groups -OCH3 is 1. The number of esters is 1. The Balaban J connectivity index is 1.55. The van der Waals surface area contributed by atoms with Gasteiger partial charge in [-0.2, -0.15) is 0 Å². The molecular weight excluding hydrogens is 396 g/mol. The molecular formula is C23H24N4O4. The lowest BCUT2D eigenvalue weighted by Gasteiger charge is -2.27. The number of nitrogens with zero attached hydrogens (tertiary/aromatic N) is 4. The molecule has 2 heterocycles. The summed E-state index contributed by atoms with van der Waals surface area (Å²) in [6.45, 7) is 5.62. The molecule has 160 valence electrons. The zero-order chi connectivity index (χ0) is 22.1. The minimum Gasteiger partial charge on any atom is -0.465 e. The molecule has 2 aromatic carbocycles. The first-order valence-electron chi connectivity index (χ1n) is 10.1. The SMILES string of the molecule is COC(=O)c1ccc(Cn2nc3n(c2=O)CCN(Cc2cc(C)ccc2C)C3=O)cc1. The van der Waals surface area contributed by atoms with Crippen molar-refractivity contribution in [2.45, 2.75) is 33.5 Å². The molecule has 3 aromatic rings. The van der Waals surface area contributed by atoms with E-state index < -0.39 is 5.97 Å². The summed E-state index contributed by atoms with van der Waals surface area (Å²) in [6.07, 6.45) is 0. The minimum absolute atomic E-state index is 0.160. The third kappa shape index (κ3) is 4.01. The predicted octanol–water partition coefficient (Wildman–Crippen LogP) is 2.15. The minimum atomic E-state index is -0.421. The van der Waals surface area contributed by atoms with Crippen LogP contribution in [0.4, 0.5) is 0 Å². The molecule has 0 atom stereocenters. The van der Waals surface area contributed by atoms with E-state index in [4.69, 9.17) is 4.74 Å². The van der Waals surface area contributed by atoms with Gasteiger partial charge < -0.3 is 9.64 Å². The number of hydrogen-bond donors (Lipinski definition) is 0. The van der Waals surface area contributed by atoms with Crippen molar-refractivity contribution in [3.63, 3.8) is 0 Å². The van der Waals surface area contributed by atoms with Crippen LogP contribution >= 0.6 is 0 Å². The highest BCUT2D eigenvalue weighted by molar-refractivity contribution is 5.91. The molecule has 1 aliphatic rings. The van der Waals surface area contributed by atoms with Gasteiger partial charge in [0, 0.05) is 19.6 Å². The lowest BCUT2D eigenvalue weighted by atomic mass is 10.0. The molecule has 1 aromatic heterocycles. The molecule has 0 fully saturated rings. The molecule has 0 spiro atoms. The Bertz CT molecular complexity index is 1210. The van der Waals surface area contributed by atoms with Gasteiger partial charge in [0.25, 0.3) is 5.91 Å². The largest absolute Gasteiger partial charge is 0.465 e. The highest BCUT2D eigenvalue weighted by Gasteiger charge is 2.29. The highest BCUT2D eigenvalue weighted by atomic mass is 16.5. The number of benzene rings is 2. The molecule has 0 aliphatic carbocycles. The van der Waals surface area contributed by atoms with Crippen molar-refractivity contribution >= 4 is 11.9 Å². The smallest absolute Gasteiger partial charge is 0.346 e. The highest BCUT2D eigenvalue weighted by Crippen LogP contribution is 2.17. The average molecular weight is 420 g/mol. The van der Waals surface area contributed by atoms with Gasteiger partial charge in [-0.25, -0.2) is 14.3 Å². The van der Waals surface area contributed by atoms with Gasteiger partial charge >= 0.3 is 11.7 Å². The first kappa shape index (κ1) is 20.6. The average Bonchev–Trinajstić information content (AvgIpc) is 3.08. The zero-order valence-electron chi connectivity index (χ0n) is 17.8. The fourth-order valence-corrected chi connectivity index (χ4v) is 3.73. The Morgan fingerprint density at radius 3 is 2.48 bits per heavy atom. The molecule has 1 aliphatic heterocycles. The maximum absolute atomic E-state index is 13.0. The number of carbonyl (C=O) groups is 2. The van der Waals surface area contributed by atoms with E-state index in [1.54, 1.807) is 29.2 Å². The van der Waals surface area contributed by atoms with Crippen LogP contribution in [0.5, 0.6) is 0 Å². The van der Waals surface area contributed by atoms with E-state index in [1.807, 2.05) is 19.9 Å². The molecule has 0 saturated carbocycles. The number of fused-ring (bicyclic) bond motifs is 1. The summed E-state index contributed by atoms with van der Waals surface area (Å²) in [5.41, 5.74) is 4.28. The Kier molecular flexibility index (Phi) is 5.46. The second-order valence-corrected chi connectivity index (χ2v) is 7.76. The van der Waals surface area contributed by atoms with Gasteiger partial charge in [-0.1, -0.05) is 35.9 Å². The molecule has 31 heavy (non-hydrogen) atoms. The molecule has 8 nitrogen and oxygen atoms in total. The molecule has 0 N–H and O–H groups in total. The number of aromatic nitrogens is 3. The Labute approximate surface area is 179 Å². The van der Waals surface area contributed by atoms with Crippen LogP contribution in [-0.4, -0.2) is 44.8 Å². The predicted molar refractivity (Wildman–Crippen MR) is 114 cm³/mol. The summed E-state index contributed by atoms with van der Waals surface area (Å²) in [6, 6.07) is 12.9. The number of aryl methyl sites for hydroxylation is 2. The summed E-state index contributed by atoms with van der Waals surface area (Å²) in [5, 5.41) is 4.32. The van der Waals surface area contributed by atoms with Crippen molar-refractivity contribution in [2.24, 2.45) is 0 Å². The third-order valence-electron chi connectivity index (χ3n) is 5.57. The van der Waals surface area contributed by atoms with Crippen molar-refractivity contribution in [1.29, 1.82) is 0 Å². The zero-order valence-corrected chi connectivity index (χ0v) is 17.8. The standard InChI is InChI=1S/C23H24N4O4/c1-15-4-5-16(2)19(12-15)14-25-10-11-26-20(21(25)28)24-27(23(26)30)13-17-6-8-18(9-7-17)22(29)31-3/h4-9,12H,10-11,13-14H2,1-3H3. The second kappa shape index (κ2) is 8.22. The number of hydrogen-bond acceptors (Lipinski definition) is 5. The molecule has 0 unspecified atom stereocenters. The molecule has 4 rings (SSSR count). The summed E-state index contributed by atoms with van der Waals surface area (Å²) < 4.78 is 7.42. The lowest BCUT2D eigenvalue weighted by Crippen LogP contribution is -2.42. The summed E-state index contributed by atoms with van der Waals surface area (Å²) in [7, 11) is 1.33. The van der Waals surface area contributed by atoms with Crippen LogP contribution in [0.3, 0.4) is 0 Å². The number of ether oxygens (including phenoxy) is 1. The van der Waals surface area contributed by atoms with E-state index in [0.717, 1.165) is 22.3 Å². The molecule has 8 heteroatoms. The van der Waals surface area contributed by atoms with Gasteiger partial charge in [0.1, 0.15) is 0 Å². The van der Waals surface area contributed by atoms with Crippen molar-refractivity contribution in [3.8, 4) is 0 Å². The number of carbonyl (C=O) groups excluding carboxylic acids is 2. The monoisotopic (exact) mass is 420 g/mol. The number of amides is 1. The van der Waals surface area contributed by atoms with E-state index in [0.29, 0.717) is 25.2 Å². The maximum atomic E-state index is 13.0. The van der Waals surface area contributed by atoms with Crippen LogP contribution in [-0.2, 0) is 24.4 Å². The maximum Gasteiger partial charge on any atom is 0.346 e. The van der Waals surface area contributed by atoms with Gasteiger partial charge in [-0.15, -0.1) is 5.10 Å². The normalized spacial score (nSPS) is 13.3. The topological polar surface area (TPSA) is 86.4 Å². The number of rotatable bonds is 5. The van der Waals surface area contributed by atoms with Gasteiger partial charge in [0.15, 0.2) is 0 Å². The van der Waals surface area contributed by atoms with Crippen LogP contribution in [0.15, 0.2) is 47.3 Å². The van der Waals surface area contributed by atoms with Crippen molar-refractivity contribution < 1.29 is 14.3 Å². The van der Waals surface area contributed by atoms with Gasteiger partial charge in [0.2, 0.25) is 5.82 Å². The molecule has 0 saturated heterocycles. The summed E-state index contributed by atoms with van der Waals surface area (Å²) >= 11 is 0. The third-order valence-corrected chi connectivity index (χ3v) is 5.57. The van der Waals surface area contributed by atoms with Crippen LogP contribution in [0.2, 0.25) is 0 Å². The first-order valence-corrected chi connectivity index (χ1v) is 10.1. The Hall–Kier alpha value is -3.68. The van der Waals surface area contributed by atoms with Gasteiger partial charge in [-0.05, 0) is 42.7 Å². The van der Waals surface area contributed by atoms with Crippen molar-refractivity contribution in [3.05, 3.63) is 86.6 Å². The van der Waals surface area contributed by atoms with E-state index >= 15 is 0 Å². The van der Waals surface area contributed by atoms with Crippen LogP contribution in [0.25, 0.3) is 0 Å². The van der Waals surface area contributed by atoms with E-state index in [1.165, 1.54) is 16.4 Å². The Morgan fingerprint density at radius 1 is 1.03 bits per heavy atom. The molecule has 0 radical (unpaired) electrons. The van der Waals surface area contributed by atoms with E-state index in [2.05, 4.69) is 17.2 Å². The fraction of sp³-hybridized carbons (Fsp3) is 0.304. The molecule has 0 bridgehead atoms. The van der Waals surface area contributed by atoms with Crippen molar-refractivity contribution in [1.82, 2.24) is 19.2 Å². The van der Waals surface area contributed by atoms with Crippen LogP contribution < -0.4 is 5.69 Å². The van der Waals surface area contributed by atoms with E-state index in [9.17, 15) is 14.4 Å². The summed E-state index contributed by atoms with van der Waals surface area (Å²) in [4.78, 5) is 39.1. The summed E-state index contributed by atoms with van der Waals surface area (Å²) in [5.74, 6) is -0.507. The van der Waals surface area contributed by atoms with E-state index in [-0.39, 0.29) is 24.0 Å². The van der Waals surface area contributed by atoms with Gasteiger partial charge in [0.05, 0.1) is 19.2 Å². The van der Waals surface area contributed by atoms with Crippen LogP contribution in [0.1, 0.15) is 43.2 Å². The second-order valence-electron chi connectivity index (χ2n) is 7.76.